The van der Waals surface area contributed by atoms with E-state index < -0.39 is 11.7 Å². The summed E-state index contributed by atoms with van der Waals surface area (Å²) in [6, 6.07) is 9.95. The maximum atomic E-state index is 14.0. The van der Waals surface area contributed by atoms with Gasteiger partial charge in [-0.2, -0.15) is 0 Å². The Morgan fingerprint density at radius 3 is 2.30 bits per heavy atom. The number of hydrogen-bond acceptors (Lipinski definition) is 2. The zero-order chi connectivity index (χ0) is 19.4. The Morgan fingerprint density at radius 2 is 1.59 bits per heavy atom. The van der Waals surface area contributed by atoms with Crippen molar-refractivity contribution in [3.63, 3.8) is 0 Å². The molecule has 3 rings (SSSR count). The molecule has 0 aliphatic carbocycles. The van der Waals surface area contributed by atoms with Gasteiger partial charge in [0.1, 0.15) is 11.6 Å². The minimum Gasteiger partial charge on any atom is -0.341 e. The molecule has 0 spiro atoms. The summed E-state index contributed by atoms with van der Waals surface area (Å²) in [5, 5.41) is 0.0773. The van der Waals surface area contributed by atoms with Crippen LogP contribution in [0, 0.1) is 11.6 Å². The Bertz CT molecular complexity index is 822. The van der Waals surface area contributed by atoms with Gasteiger partial charge < -0.3 is 9.80 Å². The van der Waals surface area contributed by atoms with Crippen molar-refractivity contribution in [1.82, 2.24) is 9.80 Å². The quantitative estimate of drug-likeness (QED) is 0.801. The first-order valence-electron chi connectivity index (χ1n) is 8.71. The number of rotatable bonds is 3. The molecule has 0 bridgehead atoms. The Labute approximate surface area is 161 Å². The first kappa shape index (κ1) is 19.3. The Hall–Kier alpha value is -2.47. The van der Waals surface area contributed by atoms with E-state index in [2.05, 4.69) is 0 Å². The van der Waals surface area contributed by atoms with Crippen LogP contribution in [-0.2, 0) is 11.2 Å². The predicted octanol–water partition coefficient (Wildman–Crippen LogP) is 3.54. The summed E-state index contributed by atoms with van der Waals surface area (Å²) in [5.41, 5.74) is 0.599. The highest BCUT2D eigenvalue weighted by molar-refractivity contribution is 6.33. The summed E-state index contributed by atoms with van der Waals surface area (Å²) in [5.74, 6) is -1.55. The van der Waals surface area contributed by atoms with E-state index in [4.69, 9.17) is 11.6 Å². The first-order valence-corrected chi connectivity index (χ1v) is 9.09. The molecule has 1 fully saturated rings. The molecular formula is C20H19ClF2N2O2. The van der Waals surface area contributed by atoms with Crippen molar-refractivity contribution in [2.75, 3.05) is 26.2 Å². The molecular weight excluding hydrogens is 374 g/mol. The van der Waals surface area contributed by atoms with Crippen LogP contribution in [0.2, 0.25) is 5.02 Å². The fourth-order valence-corrected chi connectivity index (χ4v) is 3.36. The third-order valence-electron chi connectivity index (χ3n) is 4.58. The van der Waals surface area contributed by atoms with Gasteiger partial charge in [0, 0.05) is 26.2 Å². The van der Waals surface area contributed by atoms with E-state index in [1.54, 1.807) is 17.0 Å². The molecule has 1 aliphatic rings. The number of halogens is 3. The first-order chi connectivity index (χ1) is 13.0. The maximum absolute atomic E-state index is 14.0. The van der Waals surface area contributed by atoms with E-state index in [1.165, 1.54) is 35.2 Å². The lowest BCUT2D eigenvalue weighted by Gasteiger charge is -2.23. The Kier molecular flexibility index (Phi) is 6.06. The van der Waals surface area contributed by atoms with Gasteiger partial charge in [-0.25, -0.2) is 8.78 Å². The Balaban J connectivity index is 1.64. The minimum absolute atomic E-state index is 0.0773. The number of amides is 2. The highest BCUT2D eigenvalue weighted by atomic mass is 35.5. The number of nitrogens with zero attached hydrogens (tertiary/aromatic N) is 2. The zero-order valence-corrected chi connectivity index (χ0v) is 15.4. The molecule has 7 heteroatoms. The number of hydrogen-bond donors (Lipinski definition) is 0. The van der Waals surface area contributed by atoms with Gasteiger partial charge in [0.15, 0.2) is 0 Å². The molecule has 1 saturated heterocycles. The largest absolute Gasteiger partial charge is 0.341 e. The van der Waals surface area contributed by atoms with Gasteiger partial charge in [-0.05, 0) is 36.2 Å². The van der Waals surface area contributed by atoms with Crippen molar-refractivity contribution in [2.45, 2.75) is 12.8 Å². The SMILES string of the molecule is O=C(Cc1ccc(F)cc1)N1CCCN(C(=O)c2c(F)cccc2Cl)CC1. The monoisotopic (exact) mass is 392 g/mol. The lowest BCUT2D eigenvalue weighted by molar-refractivity contribution is -0.130. The molecule has 0 atom stereocenters. The van der Waals surface area contributed by atoms with Crippen LogP contribution in [0.25, 0.3) is 0 Å². The van der Waals surface area contributed by atoms with Crippen LogP contribution in [0.1, 0.15) is 22.3 Å². The van der Waals surface area contributed by atoms with Crippen molar-refractivity contribution >= 4 is 23.4 Å². The predicted molar refractivity (Wildman–Crippen MR) is 98.6 cm³/mol. The number of carbonyl (C=O) groups excluding carboxylic acids is 2. The molecule has 27 heavy (non-hydrogen) atoms. The van der Waals surface area contributed by atoms with Crippen molar-refractivity contribution in [3.05, 3.63) is 70.2 Å². The van der Waals surface area contributed by atoms with E-state index in [-0.39, 0.29) is 28.7 Å². The van der Waals surface area contributed by atoms with Gasteiger partial charge in [0.25, 0.3) is 5.91 Å². The van der Waals surface area contributed by atoms with Crippen molar-refractivity contribution in [3.8, 4) is 0 Å². The molecule has 1 aliphatic heterocycles. The minimum atomic E-state index is -0.652. The summed E-state index contributed by atoms with van der Waals surface area (Å²) in [7, 11) is 0. The molecule has 2 amide bonds. The molecule has 0 radical (unpaired) electrons. The molecule has 142 valence electrons. The van der Waals surface area contributed by atoms with Gasteiger partial charge >= 0.3 is 0 Å². The van der Waals surface area contributed by atoms with Gasteiger partial charge in [0.2, 0.25) is 5.91 Å². The van der Waals surface area contributed by atoms with Gasteiger partial charge in [-0.1, -0.05) is 29.8 Å². The molecule has 0 aromatic heterocycles. The fourth-order valence-electron chi connectivity index (χ4n) is 3.12. The molecule has 0 unspecified atom stereocenters. The molecule has 0 N–H and O–H groups in total. The van der Waals surface area contributed by atoms with Crippen molar-refractivity contribution in [2.24, 2.45) is 0 Å². The fraction of sp³-hybridized carbons (Fsp3) is 0.300. The zero-order valence-electron chi connectivity index (χ0n) is 14.6. The molecule has 2 aromatic carbocycles. The highest BCUT2D eigenvalue weighted by Gasteiger charge is 2.26. The number of carbonyl (C=O) groups is 2. The second-order valence-electron chi connectivity index (χ2n) is 6.43. The van der Waals surface area contributed by atoms with E-state index in [0.717, 1.165) is 5.56 Å². The molecule has 0 saturated carbocycles. The van der Waals surface area contributed by atoms with Crippen LogP contribution < -0.4 is 0 Å². The topological polar surface area (TPSA) is 40.6 Å². The second-order valence-corrected chi connectivity index (χ2v) is 6.83. The summed E-state index contributed by atoms with van der Waals surface area (Å²) < 4.78 is 27.0. The van der Waals surface area contributed by atoms with Crippen LogP contribution >= 0.6 is 11.6 Å². The molecule has 2 aromatic rings. The van der Waals surface area contributed by atoms with E-state index >= 15 is 0 Å². The van der Waals surface area contributed by atoms with Gasteiger partial charge in [0.05, 0.1) is 17.0 Å². The van der Waals surface area contributed by atoms with Crippen LogP contribution in [0.3, 0.4) is 0 Å². The summed E-state index contributed by atoms with van der Waals surface area (Å²) in [6.45, 7) is 1.59. The summed E-state index contributed by atoms with van der Waals surface area (Å²) in [6.07, 6.45) is 0.764. The summed E-state index contributed by atoms with van der Waals surface area (Å²) >= 11 is 5.99. The van der Waals surface area contributed by atoms with E-state index in [0.29, 0.717) is 32.6 Å². The Morgan fingerprint density at radius 1 is 0.926 bits per heavy atom. The van der Waals surface area contributed by atoms with E-state index in [1.807, 2.05) is 0 Å². The average Bonchev–Trinajstić information content (AvgIpc) is 2.89. The van der Waals surface area contributed by atoms with Gasteiger partial charge in [-0.15, -0.1) is 0 Å². The highest BCUT2D eigenvalue weighted by Crippen LogP contribution is 2.21. The average molecular weight is 393 g/mol. The molecule has 4 nitrogen and oxygen atoms in total. The van der Waals surface area contributed by atoms with Crippen LogP contribution in [0.4, 0.5) is 8.78 Å². The van der Waals surface area contributed by atoms with E-state index in [9.17, 15) is 18.4 Å². The summed E-state index contributed by atoms with van der Waals surface area (Å²) in [4.78, 5) is 28.4. The van der Waals surface area contributed by atoms with Crippen LogP contribution in [-0.4, -0.2) is 47.8 Å². The number of benzene rings is 2. The van der Waals surface area contributed by atoms with Crippen LogP contribution in [0.5, 0.6) is 0 Å². The standard InChI is InChI=1S/C20H19ClF2N2O2/c21-16-3-1-4-17(23)19(16)20(27)25-10-2-9-24(11-12-25)18(26)13-14-5-7-15(22)8-6-14/h1,3-8H,2,9-13H2. The maximum Gasteiger partial charge on any atom is 0.258 e. The third kappa shape index (κ3) is 4.63. The second kappa shape index (κ2) is 8.48. The lowest BCUT2D eigenvalue weighted by Crippen LogP contribution is -2.38. The van der Waals surface area contributed by atoms with Gasteiger partial charge in [-0.3, -0.25) is 9.59 Å². The van der Waals surface area contributed by atoms with Crippen molar-refractivity contribution < 1.29 is 18.4 Å². The van der Waals surface area contributed by atoms with Crippen LogP contribution in [0.15, 0.2) is 42.5 Å². The molecule has 1 heterocycles. The lowest BCUT2D eigenvalue weighted by atomic mass is 10.1. The third-order valence-corrected chi connectivity index (χ3v) is 4.90. The smallest absolute Gasteiger partial charge is 0.258 e. The van der Waals surface area contributed by atoms with Crippen molar-refractivity contribution in [1.29, 1.82) is 0 Å². The normalized spacial score (nSPS) is 14.8.